The molecule has 0 spiro atoms. The molecule has 0 radical (unpaired) electrons. The maximum Gasteiger partial charge on any atom is 0.319 e. The van der Waals surface area contributed by atoms with Gasteiger partial charge in [0.25, 0.3) is 0 Å². The van der Waals surface area contributed by atoms with Gasteiger partial charge < -0.3 is 15.3 Å². The molecule has 0 saturated carbocycles. The van der Waals surface area contributed by atoms with Crippen molar-refractivity contribution in [3.63, 3.8) is 0 Å². The smallest absolute Gasteiger partial charge is 0.319 e. The summed E-state index contributed by atoms with van der Waals surface area (Å²) in [5.74, 6) is -1.51. The molecule has 0 bridgehead atoms. The van der Waals surface area contributed by atoms with Crippen molar-refractivity contribution in [1.82, 2.24) is 5.32 Å². The van der Waals surface area contributed by atoms with Gasteiger partial charge in [-0.15, -0.1) is 0 Å². The second-order valence-electron chi connectivity index (χ2n) is 13.5. The van der Waals surface area contributed by atoms with Crippen LogP contribution in [0.5, 0.6) is 0 Å². The van der Waals surface area contributed by atoms with Crippen molar-refractivity contribution in [2.24, 2.45) is 5.41 Å². The van der Waals surface area contributed by atoms with Crippen LogP contribution in [-0.4, -0.2) is 46.9 Å². The summed E-state index contributed by atoms with van der Waals surface area (Å²) in [6.07, 6.45) is 11.4. The zero-order valence-electron chi connectivity index (χ0n) is 27.9. The van der Waals surface area contributed by atoms with Crippen molar-refractivity contribution in [3.8, 4) is 0 Å². The molecule has 6 heteroatoms. The molecule has 2 heterocycles. The molecule has 1 amide bonds. The molecule has 1 unspecified atom stereocenters. The number of hydrogen-bond acceptors (Lipinski definition) is 3. The lowest BCUT2D eigenvalue weighted by molar-refractivity contribution is -0.433. The number of carbonyl (C=O) groups excluding carboxylic acids is 1. The monoisotopic (exact) mass is 606 g/mol. The first-order valence-electron chi connectivity index (χ1n) is 16.4. The van der Waals surface area contributed by atoms with Crippen molar-refractivity contribution in [3.05, 3.63) is 107 Å². The van der Waals surface area contributed by atoms with E-state index in [1.807, 2.05) is 19.1 Å². The number of allylic oxidation sites excluding steroid dienone is 8. The molecule has 0 saturated heterocycles. The van der Waals surface area contributed by atoms with Gasteiger partial charge in [-0.05, 0) is 75.8 Å². The van der Waals surface area contributed by atoms with E-state index in [9.17, 15) is 14.7 Å². The van der Waals surface area contributed by atoms with Crippen LogP contribution in [-0.2, 0) is 20.4 Å². The third kappa shape index (κ3) is 5.49. The Bertz CT molecular complexity index is 1670. The van der Waals surface area contributed by atoms with E-state index in [0.717, 1.165) is 42.1 Å². The van der Waals surface area contributed by atoms with Gasteiger partial charge in [-0.25, -0.2) is 0 Å². The number of anilines is 1. The Balaban J connectivity index is 1.60. The van der Waals surface area contributed by atoms with Crippen molar-refractivity contribution in [2.75, 3.05) is 24.5 Å². The van der Waals surface area contributed by atoms with Crippen molar-refractivity contribution < 1.29 is 19.3 Å². The highest BCUT2D eigenvalue weighted by Gasteiger charge is 2.49. The zero-order chi connectivity index (χ0) is 32.6. The summed E-state index contributed by atoms with van der Waals surface area (Å²) in [7, 11) is 0. The molecule has 2 aromatic rings. The highest BCUT2D eigenvalue weighted by Crippen LogP contribution is 2.48. The highest BCUT2D eigenvalue weighted by atomic mass is 16.4. The number of carboxylic acids is 1. The van der Waals surface area contributed by atoms with Crippen LogP contribution < -0.4 is 10.2 Å². The number of nitrogens with one attached hydrogen (secondary N) is 1. The number of likely N-dealkylation sites (N-methyl/N-ethyl adjacent to an activating group) is 1. The van der Waals surface area contributed by atoms with Crippen LogP contribution in [0.25, 0.3) is 0 Å². The molecular weight excluding hydrogens is 558 g/mol. The Labute approximate surface area is 268 Å². The fourth-order valence-electron chi connectivity index (χ4n) is 7.47. The summed E-state index contributed by atoms with van der Waals surface area (Å²) in [6, 6.07) is 17.0. The Kier molecular flexibility index (Phi) is 8.81. The number of rotatable bonds is 9. The second kappa shape index (κ2) is 12.3. The lowest BCUT2D eigenvalue weighted by Crippen LogP contribution is -2.48. The van der Waals surface area contributed by atoms with Crippen LogP contribution >= 0.6 is 0 Å². The molecule has 0 fully saturated rings. The summed E-state index contributed by atoms with van der Waals surface area (Å²) in [5.41, 5.74) is 6.92. The minimum absolute atomic E-state index is 0.132. The maximum atomic E-state index is 13.6. The molecule has 2 N–H and O–H groups in total. The third-order valence-corrected chi connectivity index (χ3v) is 9.90. The maximum absolute atomic E-state index is 13.6. The molecule has 1 aliphatic carbocycles. The van der Waals surface area contributed by atoms with E-state index in [1.165, 1.54) is 22.5 Å². The predicted molar refractivity (Wildman–Crippen MR) is 183 cm³/mol. The summed E-state index contributed by atoms with van der Waals surface area (Å²) >= 11 is 0. The summed E-state index contributed by atoms with van der Waals surface area (Å²) in [4.78, 5) is 29.0. The van der Waals surface area contributed by atoms with Crippen LogP contribution in [0.4, 0.5) is 11.4 Å². The molecule has 2 aromatic carbocycles. The average molecular weight is 607 g/mol. The normalized spacial score (nSPS) is 23.4. The largest absolute Gasteiger partial charge is 0.480 e. The van der Waals surface area contributed by atoms with Gasteiger partial charge in [-0.2, -0.15) is 4.58 Å². The topological polar surface area (TPSA) is 72.7 Å². The number of amides is 1. The number of para-hydroxylation sites is 2. The second-order valence-corrected chi connectivity index (χ2v) is 13.5. The number of benzene rings is 2. The number of carbonyl (C=O) groups is 2. The van der Waals surface area contributed by atoms with Gasteiger partial charge >= 0.3 is 5.97 Å². The fourth-order valence-corrected chi connectivity index (χ4v) is 7.47. The molecule has 6 nitrogen and oxygen atoms in total. The van der Waals surface area contributed by atoms with E-state index < -0.39 is 17.3 Å². The van der Waals surface area contributed by atoms with Crippen LogP contribution in [0.3, 0.4) is 0 Å². The zero-order valence-corrected chi connectivity index (χ0v) is 27.9. The van der Waals surface area contributed by atoms with Crippen LogP contribution in [0, 0.1) is 5.41 Å². The van der Waals surface area contributed by atoms with E-state index in [4.69, 9.17) is 0 Å². The first-order valence-corrected chi connectivity index (χ1v) is 16.4. The van der Waals surface area contributed by atoms with E-state index >= 15 is 0 Å². The van der Waals surface area contributed by atoms with Gasteiger partial charge in [0.05, 0.1) is 5.41 Å². The predicted octanol–water partition coefficient (Wildman–Crippen LogP) is 7.58. The highest BCUT2D eigenvalue weighted by molar-refractivity contribution is 6.04. The van der Waals surface area contributed by atoms with Gasteiger partial charge in [0.2, 0.25) is 11.6 Å². The van der Waals surface area contributed by atoms with Gasteiger partial charge in [0.15, 0.2) is 11.1 Å². The number of carboxylic acid groups (broad SMARTS) is 1. The van der Waals surface area contributed by atoms with E-state index in [1.54, 1.807) is 0 Å². The number of nitrogens with zero attached hydrogens (tertiary/aromatic N) is 2. The molecular formula is C39H48N3O3+. The van der Waals surface area contributed by atoms with E-state index in [0.29, 0.717) is 6.54 Å². The first kappa shape index (κ1) is 32.2. The quantitative estimate of drug-likeness (QED) is 0.228. The minimum atomic E-state index is -1.59. The van der Waals surface area contributed by atoms with Gasteiger partial charge in [0.1, 0.15) is 6.54 Å². The summed E-state index contributed by atoms with van der Waals surface area (Å²) in [5, 5.41) is 13.5. The van der Waals surface area contributed by atoms with Crippen molar-refractivity contribution in [2.45, 2.75) is 78.6 Å². The Morgan fingerprint density at radius 3 is 2.27 bits per heavy atom. The molecule has 0 aromatic heterocycles. The number of aliphatic carboxylic acids is 1. The van der Waals surface area contributed by atoms with Crippen LogP contribution in [0.2, 0.25) is 0 Å². The Morgan fingerprint density at radius 1 is 0.911 bits per heavy atom. The lowest BCUT2D eigenvalue weighted by atomic mass is 9.71. The average Bonchev–Trinajstić information content (AvgIpc) is 3.39. The minimum Gasteiger partial charge on any atom is -0.480 e. The Hall–Kier alpha value is -4.19. The van der Waals surface area contributed by atoms with Gasteiger partial charge in [-0.1, -0.05) is 75.4 Å². The summed E-state index contributed by atoms with van der Waals surface area (Å²) < 4.78 is 2.33. The van der Waals surface area contributed by atoms with Crippen LogP contribution in [0.1, 0.15) is 78.9 Å². The molecule has 236 valence electrons. The molecule has 45 heavy (non-hydrogen) atoms. The lowest BCUT2D eigenvalue weighted by Gasteiger charge is -2.33. The van der Waals surface area contributed by atoms with Crippen LogP contribution in [0.15, 0.2) is 95.8 Å². The molecule has 1 atom stereocenters. The summed E-state index contributed by atoms with van der Waals surface area (Å²) in [6.45, 7) is 17.3. The fraction of sp³-hybridized carbons (Fsp3) is 0.410. The van der Waals surface area contributed by atoms with Gasteiger partial charge in [-0.3, -0.25) is 9.59 Å². The third-order valence-electron chi connectivity index (χ3n) is 9.90. The van der Waals surface area contributed by atoms with Crippen molar-refractivity contribution in [1.29, 1.82) is 0 Å². The standard InChI is InChI=1S/C39H47N3O3/c1-8-23-40-35(43)39(36(44)45)25-27(19-21-33-37(4,5)29-15-11-13-17-31(29)41(33)9-2)24-28(26-39)20-22-34-38(6,7)30-16-12-14-18-32(30)42(34)10-3/h11-22,24H,8-10,23,25-26H2,1-7H3,(H-,40,43,44,45)/p+1. The van der Waals surface area contributed by atoms with Gasteiger partial charge in [0, 0.05) is 47.6 Å². The van der Waals surface area contributed by atoms with E-state index in [-0.39, 0.29) is 23.7 Å². The first-order chi connectivity index (χ1) is 21.4. The molecule has 5 rings (SSSR count). The molecule has 3 aliphatic rings. The number of fused-ring (bicyclic) bond motifs is 2. The van der Waals surface area contributed by atoms with E-state index in [2.05, 4.69) is 123 Å². The molecule has 2 aliphatic heterocycles. The Morgan fingerprint density at radius 2 is 1.60 bits per heavy atom. The SMILES string of the molecule is CCCNC(=O)C1(C(=O)O)CC(=CC=C2N(CC)c3ccccc3C2(C)C)C=C(C=CC2=[N+](CC)c3ccccc3C2(C)C)C1. The number of hydrogen-bond donors (Lipinski definition) is 2. The van der Waals surface area contributed by atoms with Crippen molar-refractivity contribution >= 4 is 29.0 Å².